The number of ether oxygens (including phenoxy) is 1. The van der Waals surface area contributed by atoms with Crippen molar-refractivity contribution in [2.45, 2.75) is 12.8 Å². The van der Waals surface area contributed by atoms with E-state index in [1.807, 2.05) is 0 Å². The number of hydrogen-bond donors (Lipinski definition) is 1. The van der Waals surface area contributed by atoms with Gasteiger partial charge in [-0.2, -0.15) is 28.0 Å². The molecule has 1 amide bonds. The molecule has 1 N–H and O–H groups in total. The first kappa shape index (κ1) is 17.5. The molecule has 0 atom stereocenters. The molecule has 24 heavy (non-hydrogen) atoms. The number of carbonyl (C=O) groups is 1. The zero-order valence-corrected chi connectivity index (χ0v) is 12.5. The van der Waals surface area contributed by atoms with Crippen molar-refractivity contribution >= 4 is 6.09 Å². The molecule has 2 rings (SSSR count). The van der Waals surface area contributed by atoms with Gasteiger partial charge >= 0.3 is 18.0 Å². The average molecular weight is 347 g/mol. The Bertz CT molecular complexity index is 799. The van der Waals surface area contributed by atoms with Gasteiger partial charge in [0.15, 0.2) is 0 Å². The molecule has 0 bridgehead atoms. The summed E-state index contributed by atoms with van der Waals surface area (Å²) >= 11 is 0. The van der Waals surface area contributed by atoms with Gasteiger partial charge in [-0.15, -0.1) is 0 Å². The first-order chi connectivity index (χ1) is 11.3. The van der Waals surface area contributed by atoms with E-state index in [1.165, 1.54) is 13.1 Å². The smallest absolute Gasteiger partial charge is 0.431 e. The fourth-order valence-electron chi connectivity index (χ4n) is 1.86. The quantitative estimate of drug-likeness (QED) is 0.820. The first-order valence-electron chi connectivity index (χ1n) is 6.40. The molecule has 1 aromatic carbocycles. The van der Waals surface area contributed by atoms with Crippen molar-refractivity contribution in [2.75, 3.05) is 7.11 Å². The highest BCUT2D eigenvalue weighted by molar-refractivity contribution is 5.65. The van der Waals surface area contributed by atoms with Crippen molar-refractivity contribution in [1.82, 2.24) is 25.3 Å². The maximum absolute atomic E-state index is 13.2. The Hall–Kier alpha value is -2.89. The van der Waals surface area contributed by atoms with Gasteiger partial charge in [-0.1, -0.05) is 6.07 Å². The number of carbonyl (C=O) groups excluding carboxylic acids is 1. The molecule has 1 heterocycles. The lowest BCUT2D eigenvalue weighted by Gasteiger charge is -2.16. The number of alkyl halides is 3. The summed E-state index contributed by atoms with van der Waals surface area (Å²) in [4.78, 5) is 27.6. The van der Waals surface area contributed by atoms with Crippen LogP contribution < -0.4 is 11.2 Å². The fourth-order valence-corrected chi connectivity index (χ4v) is 1.86. The van der Waals surface area contributed by atoms with Crippen LogP contribution in [0.3, 0.4) is 0 Å². The van der Waals surface area contributed by atoms with E-state index in [-0.39, 0.29) is 5.69 Å². The lowest BCUT2D eigenvalue weighted by molar-refractivity contribution is -0.139. The second kappa shape index (κ2) is 6.70. The second-order valence-electron chi connectivity index (χ2n) is 4.48. The molecule has 0 unspecified atom stereocenters. The van der Waals surface area contributed by atoms with E-state index >= 15 is 0 Å². The van der Waals surface area contributed by atoms with Gasteiger partial charge in [-0.25, -0.2) is 9.59 Å². The van der Waals surface area contributed by atoms with Crippen molar-refractivity contribution in [2.24, 2.45) is 7.05 Å². The lowest BCUT2D eigenvalue weighted by Crippen LogP contribution is -2.26. The van der Waals surface area contributed by atoms with Crippen molar-refractivity contribution in [3.63, 3.8) is 0 Å². The summed E-state index contributed by atoms with van der Waals surface area (Å²) in [6.45, 7) is -0.677. The van der Waals surface area contributed by atoms with Gasteiger partial charge in [-0.3, -0.25) is 4.84 Å². The van der Waals surface area contributed by atoms with Crippen molar-refractivity contribution in [1.29, 1.82) is 0 Å². The van der Waals surface area contributed by atoms with Crippen LogP contribution in [0, 0.1) is 0 Å². The van der Waals surface area contributed by atoms with Crippen LogP contribution in [0.15, 0.2) is 23.0 Å². The number of nitrogens with one attached hydrogen (secondary N) is 1. The molecule has 130 valence electrons. The Balaban J connectivity index is 2.48. The van der Waals surface area contributed by atoms with Crippen LogP contribution in [0.2, 0.25) is 0 Å². The van der Waals surface area contributed by atoms with Crippen LogP contribution >= 0.6 is 0 Å². The minimum Gasteiger partial charge on any atom is -0.451 e. The third-order valence-corrected chi connectivity index (χ3v) is 2.96. The average Bonchev–Trinajstić information content (AvgIpc) is 2.85. The van der Waals surface area contributed by atoms with Gasteiger partial charge in [0, 0.05) is 12.6 Å². The fraction of sp³-hybridized carbons (Fsp3) is 0.333. The molecule has 0 spiro atoms. The zero-order chi connectivity index (χ0) is 17.9. The summed E-state index contributed by atoms with van der Waals surface area (Å²) in [5.41, 5.74) is -0.547. The number of benzene rings is 1. The summed E-state index contributed by atoms with van der Waals surface area (Å²) in [6.07, 6.45) is -5.69. The van der Waals surface area contributed by atoms with E-state index in [9.17, 15) is 22.8 Å². The normalized spacial score (nSPS) is 11.4. The second-order valence-corrected chi connectivity index (χ2v) is 4.48. The number of hydrogen-bond acceptors (Lipinski definition) is 6. The van der Waals surface area contributed by atoms with Crippen LogP contribution in [0.25, 0.3) is 5.69 Å². The largest absolute Gasteiger partial charge is 0.451 e. The minimum atomic E-state index is -4.70. The van der Waals surface area contributed by atoms with Crippen LogP contribution in [0.1, 0.15) is 11.1 Å². The summed E-state index contributed by atoms with van der Waals surface area (Å²) in [5.74, 6) is 0. The maximum atomic E-state index is 13.2. The number of methoxy groups -OCH3 is 1. The van der Waals surface area contributed by atoms with Crippen molar-refractivity contribution in [3.8, 4) is 5.69 Å². The summed E-state index contributed by atoms with van der Waals surface area (Å²) < 4.78 is 45.4. The predicted octanol–water partition coefficient (Wildman–Crippen LogP) is 0.772. The van der Waals surface area contributed by atoms with Crippen LogP contribution in [0.5, 0.6) is 0 Å². The molecule has 0 aliphatic carbocycles. The van der Waals surface area contributed by atoms with Crippen molar-refractivity contribution < 1.29 is 27.5 Å². The molecule has 9 nitrogen and oxygen atoms in total. The Morgan fingerprint density at radius 3 is 2.58 bits per heavy atom. The number of aromatic nitrogens is 4. The SMILES string of the molecule is COC(=O)NOCc1c(-n2nnn(C)c2=O)cccc1C(F)(F)F. The number of amides is 1. The van der Waals surface area contributed by atoms with Gasteiger partial charge in [0.2, 0.25) is 0 Å². The topological polar surface area (TPSA) is 100 Å². The van der Waals surface area contributed by atoms with Gasteiger partial charge in [0.1, 0.15) is 6.61 Å². The molecule has 2 aromatic rings. The lowest BCUT2D eigenvalue weighted by atomic mass is 10.1. The monoisotopic (exact) mass is 347 g/mol. The van der Waals surface area contributed by atoms with Gasteiger partial charge in [0.05, 0.1) is 18.4 Å². The third kappa shape index (κ3) is 3.53. The standard InChI is InChI=1S/C12H12F3N5O4/c1-19-11(22)20(18-17-19)9-5-3-4-8(12(13,14)15)7(9)6-24-16-10(21)23-2/h3-5H,6H2,1-2H3,(H,16,21). The number of aryl methyl sites for hydroxylation is 1. The van der Waals surface area contributed by atoms with E-state index in [1.54, 1.807) is 5.48 Å². The highest BCUT2D eigenvalue weighted by Gasteiger charge is 2.35. The minimum absolute atomic E-state index is 0.172. The highest BCUT2D eigenvalue weighted by atomic mass is 19.4. The number of halogens is 3. The van der Waals surface area contributed by atoms with E-state index in [0.29, 0.717) is 4.68 Å². The predicted molar refractivity (Wildman–Crippen MR) is 71.9 cm³/mol. The number of tetrazole rings is 1. The first-order valence-corrected chi connectivity index (χ1v) is 6.40. The molecule has 12 heteroatoms. The Kier molecular flexibility index (Phi) is 4.87. The molecule has 0 fully saturated rings. The summed E-state index contributed by atoms with van der Waals surface area (Å²) in [5, 5.41) is 6.96. The zero-order valence-electron chi connectivity index (χ0n) is 12.5. The Morgan fingerprint density at radius 1 is 1.33 bits per heavy atom. The highest BCUT2D eigenvalue weighted by Crippen LogP contribution is 2.34. The van der Waals surface area contributed by atoms with E-state index in [0.717, 1.165) is 23.9 Å². The molecule has 0 aliphatic rings. The number of nitrogens with zero attached hydrogens (tertiary/aromatic N) is 4. The Morgan fingerprint density at radius 2 is 2.04 bits per heavy atom. The summed E-state index contributed by atoms with van der Waals surface area (Å²) in [6, 6.07) is 3.19. The Labute approximate surface area is 132 Å². The molecule has 0 saturated carbocycles. The van der Waals surface area contributed by atoms with Gasteiger partial charge < -0.3 is 4.74 Å². The molecule has 0 radical (unpaired) electrons. The van der Waals surface area contributed by atoms with Gasteiger partial charge in [0.25, 0.3) is 0 Å². The summed E-state index contributed by atoms with van der Waals surface area (Å²) in [7, 11) is 2.36. The van der Waals surface area contributed by atoms with E-state index in [4.69, 9.17) is 4.84 Å². The van der Waals surface area contributed by atoms with E-state index < -0.39 is 35.7 Å². The van der Waals surface area contributed by atoms with Crippen LogP contribution in [-0.2, 0) is 29.4 Å². The van der Waals surface area contributed by atoms with Gasteiger partial charge in [-0.05, 0) is 22.6 Å². The van der Waals surface area contributed by atoms with Crippen LogP contribution in [0.4, 0.5) is 18.0 Å². The number of rotatable bonds is 4. The molecule has 0 saturated heterocycles. The van der Waals surface area contributed by atoms with Crippen LogP contribution in [-0.4, -0.2) is 33.0 Å². The maximum Gasteiger partial charge on any atom is 0.431 e. The molecule has 0 aliphatic heterocycles. The van der Waals surface area contributed by atoms with Crippen molar-refractivity contribution in [3.05, 3.63) is 39.8 Å². The van der Waals surface area contributed by atoms with E-state index in [2.05, 4.69) is 15.2 Å². The molecule has 1 aromatic heterocycles. The molecular weight excluding hydrogens is 335 g/mol. The molecular formula is C12H12F3N5O4. The third-order valence-electron chi connectivity index (χ3n) is 2.96. The number of hydroxylamine groups is 1.